The number of carboxylic acids is 1. The molecule has 0 spiro atoms. The van der Waals surface area contributed by atoms with Gasteiger partial charge in [-0.2, -0.15) is 0 Å². The monoisotopic (exact) mass is 478 g/mol. The number of ether oxygens (including phenoxy) is 1. The van der Waals surface area contributed by atoms with Gasteiger partial charge in [0.05, 0.1) is 0 Å². The highest BCUT2D eigenvalue weighted by atomic mass is 16.5. The maximum Gasteiger partial charge on any atom is 0.407 e. The van der Waals surface area contributed by atoms with Crippen molar-refractivity contribution >= 4 is 18.0 Å². The molecule has 7 nitrogen and oxygen atoms in total. The van der Waals surface area contributed by atoms with Gasteiger partial charge in [0.15, 0.2) is 0 Å². The molecule has 7 heteroatoms. The average Bonchev–Trinajstić information content (AvgIpc) is 3.61. The molecule has 3 N–H and O–H groups in total. The molecule has 1 fully saturated rings. The number of carbonyl (C=O) groups is 3. The van der Waals surface area contributed by atoms with E-state index in [9.17, 15) is 19.5 Å². The molecule has 4 rings (SSSR count). The zero-order valence-electron chi connectivity index (χ0n) is 20.2. The molecule has 0 bridgehead atoms. The summed E-state index contributed by atoms with van der Waals surface area (Å²) >= 11 is 0. The van der Waals surface area contributed by atoms with Crippen LogP contribution in [0.3, 0.4) is 0 Å². The molecule has 0 aromatic heterocycles. The van der Waals surface area contributed by atoms with Crippen LogP contribution in [0.25, 0.3) is 11.1 Å². The molecule has 2 atom stereocenters. The lowest BCUT2D eigenvalue weighted by molar-refractivity contribution is -0.142. The van der Waals surface area contributed by atoms with E-state index in [1.165, 1.54) is 0 Å². The van der Waals surface area contributed by atoms with Gasteiger partial charge >= 0.3 is 12.1 Å². The molecule has 2 aliphatic carbocycles. The summed E-state index contributed by atoms with van der Waals surface area (Å²) in [5, 5.41) is 14.9. The lowest BCUT2D eigenvalue weighted by Crippen LogP contribution is -2.45. The van der Waals surface area contributed by atoms with Gasteiger partial charge in [-0.05, 0) is 41.0 Å². The van der Waals surface area contributed by atoms with E-state index >= 15 is 0 Å². The number of aliphatic carboxylic acids is 1. The Hall–Kier alpha value is -3.35. The maximum atomic E-state index is 12.7. The van der Waals surface area contributed by atoms with Gasteiger partial charge in [0.2, 0.25) is 5.91 Å². The van der Waals surface area contributed by atoms with Crippen molar-refractivity contribution in [3.05, 3.63) is 59.7 Å². The molecule has 35 heavy (non-hydrogen) atoms. The lowest BCUT2D eigenvalue weighted by atomic mass is 9.98. The molecular weight excluding hydrogens is 444 g/mol. The minimum Gasteiger partial charge on any atom is -0.480 e. The van der Waals surface area contributed by atoms with Gasteiger partial charge in [0, 0.05) is 18.4 Å². The van der Waals surface area contributed by atoms with E-state index in [0.29, 0.717) is 18.8 Å². The number of unbranched alkanes of at least 4 members (excludes halogenated alkanes) is 1. The Morgan fingerprint density at radius 1 is 1.00 bits per heavy atom. The number of rotatable bonds is 12. The van der Waals surface area contributed by atoms with E-state index in [1.807, 2.05) is 31.2 Å². The average molecular weight is 479 g/mol. The summed E-state index contributed by atoms with van der Waals surface area (Å²) in [5.41, 5.74) is 4.60. The SMILES string of the molecule is CCCCC(CC(=O)NC(CC1CC1)C(=O)O)NC(=O)OCC1c2ccccc2-c2ccccc21. The number of fused-ring (bicyclic) bond motifs is 3. The van der Waals surface area contributed by atoms with E-state index < -0.39 is 24.1 Å². The van der Waals surface area contributed by atoms with Crippen LogP contribution in [0.2, 0.25) is 0 Å². The number of benzene rings is 2. The quantitative estimate of drug-likeness (QED) is 0.405. The molecule has 0 radical (unpaired) electrons. The molecule has 186 valence electrons. The summed E-state index contributed by atoms with van der Waals surface area (Å²) in [4.78, 5) is 36.8. The fourth-order valence-corrected chi connectivity index (χ4v) is 4.87. The highest BCUT2D eigenvalue weighted by molar-refractivity contribution is 5.84. The van der Waals surface area contributed by atoms with Crippen LogP contribution in [0.15, 0.2) is 48.5 Å². The summed E-state index contributed by atoms with van der Waals surface area (Å²) in [6.45, 7) is 2.25. The molecule has 0 saturated heterocycles. The van der Waals surface area contributed by atoms with Crippen molar-refractivity contribution in [1.29, 1.82) is 0 Å². The van der Waals surface area contributed by atoms with Crippen molar-refractivity contribution in [3.8, 4) is 11.1 Å². The van der Waals surface area contributed by atoms with Crippen LogP contribution in [-0.4, -0.2) is 41.8 Å². The molecule has 1 saturated carbocycles. The van der Waals surface area contributed by atoms with Crippen molar-refractivity contribution in [2.45, 2.75) is 69.9 Å². The molecule has 2 aromatic carbocycles. The van der Waals surface area contributed by atoms with E-state index in [4.69, 9.17) is 4.74 Å². The summed E-state index contributed by atoms with van der Waals surface area (Å²) in [7, 11) is 0. The topological polar surface area (TPSA) is 105 Å². The van der Waals surface area contributed by atoms with Gasteiger partial charge in [-0.15, -0.1) is 0 Å². The highest BCUT2D eigenvalue weighted by Crippen LogP contribution is 2.44. The third-order valence-electron chi connectivity index (χ3n) is 6.90. The highest BCUT2D eigenvalue weighted by Gasteiger charge is 2.31. The van der Waals surface area contributed by atoms with Crippen molar-refractivity contribution in [3.63, 3.8) is 0 Å². The number of nitrogens with one attached hydrogen (secondary N) is 2. The Labute approximate surface area is 206 Å². The first-order valence-corrected chi connectivity index (χ1v) is 12.6. The van der Waals surface area contributed by atoms with Gasteiger partial charge in [0.1, 0.15) is 12.6 Å². The standard InChI is InChI=1S/C28H34N2O5/c1-2-3-8-19(16-26(31)30-25(27(32)33)15-18-13-14-18)29-28(34)35-17-24-22-11-6-4-9-20(22)21-10-5-7-12-23(21)24/h4-7,9-12,18-19,24-25H,2-3,8,13-17H2,1H3,(H,29,34)(H,30,31)(H,32,33). The molecule has 2 aromatic rings. The normalized spacial score (nSPS) is 16.0. The Morgan fingerprint density at radius 3 is 2.20 bits per heavy atom. The third kappa shape index (κ3) is 6.41. The van der Waals surface area contributed by atoms with Gasteiger partial charge in [-0.25, -0.2) is 9.59 Å². The van der Waals surface area contributed by atoms with Crippen molar-refractivity contribution in [2.75, 3.05) is 6.61 Å². The lowest BCUT2D eigenvalue weighted by Gasteiger charge is -2.21. The number of carbonyl (C=O) groups excluding carboxylic acids is 2. The van der Waals surface area contributed by atoms with E-state index in [1.54, 1.807) is 0 Å². The number of amides is 2. The van der Waals surface area contributed by atoms with Crippen LogP contribution in [0.5, 0.6) is 0 Å². The second-order valence-corrected chi connectivity index (χ2v) is 9.65. The fourth-order valence-electron chi connectivity index (χ4n) is 4.87. The van der Waals surface area contributed by atoms with Crippen molar-refractivity contribution < 1.29 is 24.2 Å². The zero-order chi connectivity index (χ0) is 24.8. The summed E-state index contributed by atoms with van der Waals surface area (Å²) in [5.74, 6) is -1.03. The Morgan fingerprint density at radius 2 is 1.63 bits per heavy atom. The number of alkyl carbamates (subject to hydrolysis) is 1. The molecule has 0 heterocycles. The number of hydrogen-bond donors (Lipinski definition) is 3. The van der Waals surface area contributed by atoms with E-state index in [2.05, 4.69) is 34.9 Å². The first-order valence-electron chi connectivity index (χ1n) is 12.6. The van der Waals surface area contributed by atoms with Crippen LogP contribution < -0.4 is 10.6 Å². The fraction of sp³-hybridized carbons (Fsp3) is 0.464. The summed E-state index contributed by atoms with van der Waals surface area (Å²) < 4.78 is 5.64. The summed E-state index contributed by atoms with van der Waals surface area (Å²) in [6, 6.07) is 15.0. The van der Waals surface area contributed by atoms with Crippen LogP contribution in [0.1, 0.15) is 68.9 Å². The molecular formula is C28H34N2O5. The van der Waals surface area contributed by atoms with E-state index in [-0.39, 0.29) is 24.9 Å². The van der Waals surface area contributed by atoms with E-state index in [0.717, 1.165) is 47.9 Å². The second-order valence-electron chi connectivity index (χ2n) is 9.65. The number of hydrogen-bond acceptors (Lipinski definition) is 4. The summed E-state index contributed by atoms with van der Waals surface area (Å²) in [6.07, 6.45) is 4.34. The molecule has 2 amide bonds. The second kappa shape index (κ2) is 11.4. The largest absolute Gasteiger partial charge is 0.480 e. The maximum absolute atomic E-state index is 12.7. The minimum atomic E-state index is -1.01. The van der Waals surface area contributed by atoms with Gasteiger partial charge in [-0.1, -0.05) is 81.1 Å². The zero-order valence-corrected chi connectivity index (χ0v) is 20.2. The molecule has 0 aliphatic heterocycles. The van der Waals surface area contributed by atoms with Gasteiger partial charge in [-0.3, -0.25) is 4.79 Å². The first-order chi connectivity index (χ1) is 17.0. The number of carboxylic acid groups (broad SMARTS) is 1. The Kier molecular flexibility index (Phi) is 8.06. The predicted molar refractivity (Wildman–Crippen MR) is 133 cm³/mol. The first kappa shape index (κ1) is 24.8. The molecule has 2 aliphatic rings. The smallest absolute Gasteiger partial charge is 0.407 e. The predicted octanol–water partition coefficient (Wildman–Crippen LogP) is 4.84. The van der Waals surface area contributed by atoms with Crippen LogP contribution in [0.4, 0.5) is 4.79 Å². The Balaban J connectivity index is 1.34. The third-order valence-corrected chi connectivity index (χ3v) is 6.90. The Bertz CT molecular complexity index is 1020. The van der Waals surface area contributed by atoms with Crippen LogP contribution >= 0.6 is 0 Å². The van der Waals surface area contributed by atoms with Gasteiger partial charge in [0.25, 0.3) is 0 Å². The van der Waals surface area contributed by atoms with Crippen LogP contribution in [0, 0.1) is 5.92 Å². The van der Waals surface area contributed by atoms with Crippen LogP contribution in [-0.2, 0) is 14.3 Å². The van der Waals surface area contributed by atoms with Gasteiger partial charge < -0.3 is 20.5 Å². The van der Waals surface area contributed by atoms with Crippen molar-refractivity contribution in [1.82, 2.24) is 10.6 Å². The molecule has 2 unspecified atom stereocenters. The van der Waals surface area contributed by atoms with Crippen molar-refractivity contribution in [2.24, 2.45) is 5.92 Å². The minimum absolute atomic E-state index is 0.0264.